The number of carbonyl (C=O) groups excluding carboxylic acids is 1. The zero-order valence-electron chi connectivity index (χ0n) is 11.2. The van der Waals surface area contributed by atoms with Crippen LogP contribution in [-0.2, 0) is 0 Å². The van der Waals surface area contributed by atoms with Crippen molar-refractivity contribution in [3.63, 3.8) is 0 Å². The summed E-state index contributed by atoms with van der Waals surface area (Å²) in [6.07, 6.45) is 0. The molecule has 0 saturated heterocycles. The third-order valence-corrected chi connectivity index (χ3v) is 2.67. The van der Waals surface area contributed by atoms with E-state index in [9.17, 15) is 35.9 Å². The minimum atomic E-state index is -1.63. The van der Waals surface area contributed by atoms with Crippen molar-refractivity contribution < 1.29 is 41.0 Å². The van der Waals surface area contributed by atoms with Crippen LogP contribution in [0, 0.1) is 34.9 Å². The molecule has 0 radical (unpaired) electrons. The van der Waals surface area contributed by atoms with Crippen molar-refractivity contribution in [3.8, 4) is 0 Å². The number of carboxylic acid groups (broad SMARTS) is 1. The number of benzene rings is 2. The van der Waals surface area contributed by atoms with Gasteiger partial charge in [0.05, 0.1) is 11.1 Å². The number of rotatable bonds is 2. The number of carbonyl (C=O) groups is 2. The van der Waals surface area contributed by atoms with Crippen molar-refractivity contribution in [2.45, 2.75) is 0 Å². The minimum absolute atomic E-state index is 0.193. The zero-order valence-corrected chi connectivity index (χ0v) is 12.0. The molecular weight excluding hydrogens is 366 g/mol. The van der Waals surface area contributed by atoms with Crippen molar-refractivity contribution in [3.05, 3.63) is 70.3 Å². The Kier molecular flexibility index (Phi) is 6.35. The monoisotopic (exact) mass is 370 g/mol. The Morgan fingerprint density at radius 1 is 0.667 bits per heavy atom. The van der Waals surface area contributed by atoms with Gasteiger partial charge in [-0.1, -0.05) is 0 Å². The molecule has 0 spiro atoms. The third-order valence-electron chi connectivity index (χ3n) is 2.46. The zero-order chi connectivity index (χ0) is 18.6. The molecule has 0 aliphatic carbocycles. The largest absolute Gasteiger partial charge is 0.478 e. The lowest BCUT2D eigenvalue weighted by Gasteiger charge is -1.97. The molecule has 0 bridgehead atoms. The van der Waals surface area contributed by atoms with E-state index in [-0.39, 0.29) is 12.1 Å². The Morgan fingerprint density at radius 2 is 1.00 bits per heavy atom. The second-order valence-corrected chi connectivity index (χ2v) is 4.41. The highest BCUT2D eigenvalue weighted by Crippen LogP contribution is 2.15. The van der Waals surface area contributed by atoms with E-state index >= 15 is 0 Å². The van der Waals surface area contributed by atoms with Gasteiger partial charge >= 0.3 is 5.97 Å². The summed E-state index contributed by atoms with van der Waals surface area (Å²) in [5, 5.41) is 7.09. The smallest absolute Gasteiger partial charge is 0.338 e. The molecular formula is C14H5ClF6O3. The van der Waals surface area contributed by atoms with Gasteiger partial charge in [0.1, 0.15) is 11.6 Å². The van der Waals surface area contributed by atoms with Gasteiger partial charge in [-0.15, -0.1) is 0 Å². The van der Waals surface area contributed by atoms with Gasteiger partial charge in [-0.05, 0) is 23.7 Å². The highest BCUT2D eigenvalue weighted by molar-refractivity contribution is 6.67. The van der Waals surface area contributed by atoms with Gasteiger partial charge < -0.3 is 5.11 Å². The molecule has 3 nitrogen and oxygen atoms in total. The second kappa shape index (κ2) is 7.82. The van der Waals surface area contributed by atoms with Crippen LogP contribution in [0.2, 0.25) is 0 Å². The molecule has 0 heterocycles. The van der Waals surface area contributed by atoms with Gasteiger partial charge in [0.15, 0.2) is 23.3 Å². The maximum atomic E-state index is 12.6. The van der Waals surface area contributed by atoms with E-state index in [4.69, 9.17) is 16.7 Å². The first-order chi connectivity index (χ1) is 11.0. The van der Waals surface area contributed by atoms with Crippen molar-refractivity contribution in [2.75, 3.05) is 0 Å². The summed E-state index contributed by atoms with van der Waals surface area (Å²) < 4.78 is 74.2. The minimum Gasteiger partial charge on any atom is -0.478 e. The van der Waals surface area contributed by atoms with Crippen molar-refractivity contribution >= 4 is 22.8 Å². The first kappa shape index (κ1) is 19.5. The summed E-state index contributed by atoms with van der Waals surface area (Å²) in [5.41, 5.74) is -1.55. The third kappa shape index (κ3) is 4.72. The van der Waals surface area contributed by atoms with E-state index in [1.165, 1.54) is 0 Å². The lowest BCUT2D eigenvalue weighted by Crippen LogP contribution is -2.02. The Labute approximate surface area is 135 Å². The van der Waals surface area contributed by atoms with Gasteiger partial charge in [-0.2, -0.15) is 0 Å². The maximum absolute atomic E-state index is 12.6. The average Bonchev–Trinajstić information content (AvgIpc) is 2.46. The molecule has 128 valence electrons. The number of halogens is 7. The predicted octanol–water partition coefficient (Wildman–Crippen LogP) is 4.29. The van der Waals surface area contributed by atoms with Crippen LogP contribution in [0.3, 0.4) is 0 Å². The van der Waals surface area contributed by atoms with Crippen LogP contribution in [0.15, 0.2) is 24.3 Å². The molecule has 1 N–H and O–H groups in total. The highest BCUT2D eigenvalue weighted by Gasteiger charge is 2.15. The fraction of sp³-hybridized carbons (Fsp3) is 0. The summed E-state index contributed by atoms with van der Waals surface area (Å²) in [5.74, 6) is -9.54. The SMILES string of the molecule is O=C(Cl)c1cc(F)c(F)cc1F.O=C(O)c1cc(F)c(F)cc1F. The summed E-state index contributed by atoms with van der Waals surface area (Å²) in [6, 6.07) is 1.18. The van der Waals surface area contributed by atoms with Crippen LogP contribution in [-0.4, -0.2) is 16.3 Å². The lowest BCUT2D eigenvalue weighted by molar-refractivity contribution is 0.0691. The fourth-order valence-corrected chi connectivity index (χ4v) is 1.50. The number of carboxylic acids is 1. The van der Waals surface area contributed by atoms with E-state index in [1.807, 2.05) is 0 Å². The number of aromatic carboxylic acids is 1. The average molecular weight is 371 g/mol. The Bertz CT molecular complexity index is 742. The molecule has 10 heteroatoms. The molecule has 0 fully saturated rings. The van der Waals surface area contributed by atoms with Crippen LogP contribution in [0.4, 0.5) is 26.3 Å². The molecule has 2 aromatic carbocycles. The maximum Gasteiger partial charge on any atom is 0.338 e. The first-order valence-corrected chi connectivity index (χ1v) is 6.14. The highest BCUT2D eigenvalue weighted by atomic mass is 35.5. The molecule has 24 heavy (non-hydrogen) atoms. The molecule has 2 aromatic rings. The van der Waals surface area contributed by atoms with Gasteiger partial charge in [0.25, 0.3) is 5.24 Å². The van der Waals surface area contributed by atoms with Gasteiger partial charge in [0.2, 0.25) is 0 Å². The van der Waals surface area contributed by atoms with Crippen LogP contribution < -0.4 is 0 Å². The lowest BCUT2D eigenvalue weighted by atomic mass is 10.2. The molecule has 0 atom stereocenters. The van der Waals surface area contributed by atoms with Crippen molar-refractivity contribution in [1.82, 2.24) is 0 Å². The molecule has 0 aliphatic heterocycles. The first-order valence-electron chi connectivity index (χ1n) is 5.76. The number of hydrogen-bond donors (Lipinski definition) is 1. The van der Waals surface area contributed by atoms with Crippen molar-refractivity contribution in [2.24, 2.45) is 0 Å². The Morgan fingerprint density at radius 3 is 1.38 bits per heavy atom. The van der Waals surface area contributed by atoms with Gasteiger partial charge in [-0.3, -0.25) is 4.79 Å². The van der Waals surface area contributed by atoms with Crippen molar-refractivity contribution in [1.29, 1.82) is 0 Å². The standard InChI is InChI=1S/C7H2ClF3O.C7H3F3O2/c8-7(12)3-1-5(10)6(11)2-4(3)9;8-4-2-6(10)5(9)1-3(4)7(11)12/h1-2H;1-2H,(H,11,12). The number of hydrogen-bond acceptors (Lipinski definition) is 2. The van der Waals surface area contributed by atoms with Gasteiger partial charge in [0, 0.05) is 12.1 Å². The summed E-state index contributed by atoms with van der Waals surface area (Å²) >= 11 is 4.86. The van der Waals surface area contributed by atoms with Crippen LogP contribution in [0.1, 0.15) is 20.7 Å². The molecule has 0 amide bonds. The Hall–Kier alpha value is -2.55. The molecule has 0 aliphatic rings. The van der Waals surface area contributed by atoms with E-state index < -0.39 is 57.2 Å². The van der Waals surface area contributed by atoms with Crippen LogP contribution in [0.5, 0.6) is 0 Å². The van der Waals surface area contributed by atoms with Gasteiger partial charge in [-0.25, -0.2) is 31.1 Å². The van der Waals surface area contributed by atoms with E-state index in [0.717, 1.165) is 0 Å². The Balaban J connectivity index is 0.000000240. The molecule has 2 rings (SSSR count). The normalized spacial score (nSPS) is 9.96. The van der Waals surface area contributed by atoms with E-state index in [1.54, 1.807) is 0 Å². The summed E-state index contributed by atoms with van der Waals surface area (Å²) in [7, 11) is 0. The molecule has 0 aromatic heterocycles. The topological polar surface area (TPSA) is 54.4 Å². The van der Waals surface area contributed by atoms with E-state index in [0.29, 0.717) is 12.1 Å². The summed E-state index contributed by atoms with van der Waals surface area (Å²) in [6.45, 7) is 0. The second-order valence-electron chi connectivity index (χ2n) is 4.07. The molecule has 0 saturated carbocycles. The predicted molar refractivity (Wildman–Crippen MR) is 69.8 cm³/mol. The quantitative estimate of drug-likeness (QED) is 0.487. The van der Waals surface area contributed by atoms with Crippen LogP contribution in [0.25, 0.3) is 0 Å². The molecule has 0 unspecified atom stereocenters. The van der Waals surface area contributed by atoms with Crippen LogP contribution >= 0.6 is 11.6 Å². The fourth-order valence-electron chi connectivity index (χ4n) is 1.36. The van der Waals surface area contributed by atoms with E-state index in [2.05, 4.69) is 0 Å². The summed E-state index contributed by atoms with van der Waals surface area (Å²) in [4.78, 5) is 20.5.